The number of ether oxygens (including phenoxy) is 1. The van der Waals surface area contributed by atoms with Crippen LogP contribution in [0.5, 0.6) is 0 Å². The van der Waals surface area contributed by atoms with Crippen LogP contribution in [0.3, 0.4) is 0 Å². The second-order valence-corrected chi connectivity index (χ2v) is 3.22. The molecule has 0 saturated carbocycles. The first-order valence-corrected chi connectivity index (χ1v) is 4.96. The van der Waals surface area contributed by atoms with Gasteiger partial charge in [0.15, 0.2) is 0 Å². The van der Waals surface area contributed by atoms with Crippen LogP contribution in [0.25, 0.3) is 0 Å². The second-order valence-electron chi connectivity index (χ2n) is 2.84. The summed E-state index contributed by atoms with van der Waals surface area (Å²) in [4.78, 5) is 11.3. The molecule has 78 valence electrons. The van der Waals surface area contributed by atoms with Crippen LogP contribution in [0.15, 0.2) is 16.9 Å². The number of nitrogens with zero attached hydrogens (tertiary/aromatic N) is 2. The van der Waals surface area contributed by atoms with E-state index in [1.807, 2.05) is 6.92 Å². The number of rotatable bonds is 5. The highest BCUT2D eigenvalue weighted by atomic mass is 35.5. The van der Waals surface area contributed by atoms with E-state index in [0.29, 0.717) is 25.6 Å². The largest absolute Gasteiger partial charge is 0.378 e. The lowest BCUT2D eigenvalue weighted by molar-refractivity contribution is 0.136. The molecule has 0 fully saturated rings. The highest BCUT2D eigenvalue weighted by Gasteiger charge is 1.97. The Bertz CT molecular complexity index is 338. The van der Waals surface area contributed by atoms with Crippen LogP contribution in [-0.4, -0.2) is 28.9 Å². The molecule has 0 saturated heterocycles. The van der Waals surface area contributed by atoms with Crippen molar-refractivity contribution in [1.29, 1.82) is 0 Å². The van der Waals surface area contributed by atoms with Gasteiger partial charge in [0.1, 0.15) is 0 Å². The van der Waals surface area contributed by atoms with E-state index in [0.717, 1.165) is 5.69 Å². The summed E-state index contributed by atoms with van der Waals surface area (Å²) in [5, 5.41) is 4.06. The number of hydrogen-bond donors (Lipinski definition) is 0. The molecule has 0 amide bonds. The summed E-state index contributed by atoms with van der Waals surface area (Å²) in [6.45, 7) is 3.28. The third-order valence-corrected chi connectivity index (χ3v) is 1.82. The predicted molar refractivity (Wildman–Crippen MR) is 54.8 cm³/mol. The molecule has 0 aromatic carbocycles. The lowest BCUT2D eigenvalue weighted by Crippen LogP contribution is -2.24. The Kier molecular flexibility index (Phi) is 4.62. The first-order chi connectivity index (χ1) is 6.74. The van der Waals surface area contributed by atoms with Gasteiger partial charge < -0.3 is 4.74 Å². The molecule has 0 N–H and O–H groups in total. The normalized spacial score (nSPS) is 10.4. The van der Waals surface area contributed by atoms with Gasteiger partial charge in [-0.1, -0.05) is 0 Å². The van der Waals surface area contributed by atoms with Gasteiger partial charge in [-0.2, -0.15) is 5.10 Å². The van der Waals surface area contributed by atoms with Crippen molar-refractivity contribution in [3.63, 3.8) is 0 Å². The molecule has 5 heteroatoms. The third-order valence-electron chi connectivity index (χ3n) is 1.67. The maximum atomic E-state index is 11.3. The van der Waals surface area contributed by atoms with Crippen LogP contribution < -0.4 is 5.56 Å². The zero-order valence-electron chi connectivity index (χ0n) is 8.07. The summed E-state index contributed by atoms with van der Waals surface area (Å²) in [7, 11) is 0. The van der Waals surface area contributed by atoms with Crippen molar-refractivity contribution in [3.8, 4) is 0 Å². The quantitative estimate of drug-likeness (QED) is 0.541. The summed E-state index contributed by atoms with van der Waals surface area (Å²) in [5.74, 6) is 0.468. The highest BCUT2D eigenvalue weighted by Crippen LogP contribution is 1.87. The van der Waals surface area contributed by atoms with Gasteiger partial charge >= 0.3 is 0 Å². The number of aromatic nitrogens is 2. The van der Waals surface area contributed by atoms with Crippen molar-refractivity contribution < 1.29 is 4.74 Å². The van der Waals surface area contributed by atoms with Crippen LogP contribution in [0.4, 0.5) is 0 Å². The average molecular weight is 217 g/mol. The van der Waals surface area contributed by atoms with Crippen molar-refractivity contribution >= 4 is 11.6 Å². The van der Waals surface area contributed by atoms with Gasteiger partial charge in [-0.15, -0.1) is 11.6 Å². The monoisotopic (exact) mass is 216 g/mol. The zero-order chi connectivity index (χ0) is 10.4. The number of aryl methyl sites for hydroxylation is 1. The Morgan fingerprint density at radius 1 is 1.50 bits per heavy atom. The van der Waals surface area contributed by atoms with Crippen molar-refractivity contribution in [1.82, 2.24) is 9.78 Å². The standard InChI is InChI=1S/C9H13ClN2O2/c1-8-2-3-9(13)12(11-8)5-7-14-6-4-10/h2-3H,4-7H2,1H3. The Morgan fingerprint density at radius 2 is 2.29 bits per heavy atom. The van der Waals surface area contributed by atoms with E-state index >= 15 is 0 Å². The third kappa shape index (κ3) is 3.47. The van der Waals surface area contributed by atoms with Crippen molar-refractivity contribution in [3.05, 3.63) is 28.2 Å². The van der Waals surface area contributed by atoms with E-state index in [-0.39, 0.29) is 5.56 Å². The molecular formula is C9H13ClN2O2. The minimum atomic E-state index is -0.106. The fourth-order valence-electron chi connectivity index (χ4n) is 1.02. The van der Waals surface area contributed by atoms with Gasteiger partial charge in [0, 0.05) is 11.9 Å². The summed E-state index contributed by atoms with van der Waals surface area (Å²) >= 11 is 5.43. The minimum Gasteiger partial charge on any atom is -0.378 e. The molecule has 1 aromatic heterocycles. The molecule has 0 aliphatic rings. The number of hydrogen-bond acceptors (Lipinski definition) is 3. The molecule has 4 nitrogen and oxygen atoms in total. The zero-order valence-corrected chi connectivity index (χ0v) is 8.83. The van der Waals surface area contributed by atoms with E-state index in [1.165, 1.54) is 10.7 Å². The molecule has 0 aliphatic carbocycles. The fraction of sp³-hybridized carbons (Fsp3) is 0.556. The number of halogens is 1. The van der Waals surface area contributed by atoms with Crippen molar-refractivity contribution in [2.24, 2.45) is 0 Å². The van der Waals surface area contributed by atoms with Gasteiger partial charge in [-0.3, -0.25) is 4.79 Å². The molecule has 1 heterocycles. The first kappa shape index (κ1) is 11.2. The Labute approximate surface area is 87.5 Å². The second kappa shape index (κ2) is 5.78. The van der Waals surface area contributed by atoms with E-state index in [1.54, 1.807) is 6.07 Å². The molecule has 0 atom stereocenters. The van der Waals surface area contributed by atoms with Gasteiger partial charge in [-0.25, -0.2) is 4.68 Å². The fourth-order valence-corrected chi connectivity index (χ4v) is 1.13. The minimum absolute atomic E-state index is 0.106. The molecule has 1 rings (SSSR count). The van der Waals surface area contributed by atoms with Gasteiger partial charge in [-0.05, 0) is 13.0 Å². The summed E-state index contributed by atoms with van der Waals surface area (Å²) < 4.78 is 6.54. The lowest BCUT2D eigenvalue weighted by atomic mass is 10.4. The van der Waals surface area contributed by atoms with E-state index < -0.39 is 0 Å². The van der Waals surface area contributed by atoms with Gasteiger partial charge in [0.2, 0.25) is 0 Å². The maximum absolute atomic E-state index is 11.3. The van der Waals surface area contributed by atoms with Crippen molar-refractivity contribution in [2.45, 2.75) is 13.5 Å². The first-order valence-electron chi connectivity index (χ1n) is 4.42. The Morgan fingerprint density at radius 3 is 3.00 bits per heavy atom. The molecule has 0 bridgehead atoms. The number of alkyl halides is 1. The van der Waals surface area contributed by atoms with Crippen LogP contribution in [0.1, 0.15) is 5.69 Å². The smallest absolute Gasteiger partial charge is 0.266 e. The molecule has 0 radical (unpaired) electrons. The molecule has 1 aromatic rings. The van der Waals surface area contributed by atoms with Gasteiger partial charge in [0.25, 0.3) is 5.56 Å². The van der Waals surface area contributed by atoms with Crippen LogP contribution in [0, 0.1) is 6.92 Å². The Hall–Kier alpha value is -0.870. The topological polar surface area (TPSA) is 44.1 Å². The maximum Gasteiger partial charge on any atom is 0.266 e. The van der Waals surface area contributed by atoms with E-state index in [9.17, 15) is 4.79 Å². The molecule has 0 spiro atoms. The average Bonchev–Trinajstić information content (AvgIpc) is 2.18. The summed E-state index contributed by atoms with van der Waals surface area (Å²) in [6, 6.07) is 3.20. The van der Waals surface area contributed by atoms with Crippen LogP contribution in [0.2, 0.25) is 0 Å². The Balaban J connectivity index is 2.49. The van der Waals surface area contributed by atoms with Crippen molar-refractivity contribution in [2.75, 3.05) is 19.1 Å². The molecular weight excluding hydrogens is 204 g/mol. The van der Waals surface area contributed by atoms with Crippen LogP contribution in [-0.2, 0) is 11.3 Å². The predicted octanol–water partition coefficient (Wildman–Crippen LogP) is 0.807. The molecule has 14 heavy (non-hydrogen) atoms. The highest BCUT2D eigenvalue weighted by molar-refractivity contribution is 6.17. The SMILES string of the molecule is Cc1ccc(=O)n(CCOCCCl)n1. The molecule has 0 aliphatic heterocycles. The van der Waals surface area contributed by atoms with E-state index in [4.69, 9.17) is 16.3 Å². The lowest BCUT2D eigenvalue weighted by Gasteiger charge is -2.04. The summed E-state index contributed by atoms with van der Waals surface area (Å²) in [5.41, 5.74) is 0.715. The van der Waals surface area contributed by atoms with E-state index in [2.05, 4.69) is 5.10 Å². The van der Waals surface area contributed by atoms with Crippen LogP contribution >= 0.6 is 11.6 Å². The summed E-state index contributed by atoms with van der Waals surface area (Å²) in [6.07, 6.45) is 0. The molecule has 0 unspecified atom stereocenters. The van der Waals surface area contributed by atoms with Gasteiger partial charge in [0.05, 0.1) is 25.5 Å².